The van der Waals surface area contributed by atoms with Crippen LogP contribution in [-0.2, 0) is 52.8 Å². The van der Waals surface area contributed by atoms with Crippen LogP contribution in [0.15, 0.2) is 29.2 Å². The Morgan fingerprint density at radius 1 is 0.667 bits per heavy atom. The monoisotopic (exact) mass is 617 g/mol. The van der Waals surface area contributed by atoms with Gasteiger partial charge in [-0.15, -0.1) is 0 Å². The Balaban J connectivity index is 3.04. The zero-order valence-corrected chi connectivity index (χ0v) is 26.1. The summed E-state index contributed by atoms with van der Waals surface area (Å²) in [5.74, 6) is -1.41. The van der Waals surface area contributed by atoms with Crippen LogP contribution >= 0.6 is 0 Å². The fraction of sp³-hybridized carbons (Fsp3) is 0.690. The highest BCUT2D eigenvalue weighted by atomic mass is 32.2. The zero-order valence-electron chi connectivity index (χ0n) is 25.3. The number of hydrogen-bond donors (Lipinski definition) is 1. The number of hydrogen-bond acceptors (Lipinski definition) is 11. The minimum Gasteiger partial charge on any atom is -0.464 e. The molecule has 0 atom stereocenters. The molecule has 0 saturated carbocycles. The number of carbonyl (C=O) groups is 3. The van der Waals surface area contributed by atoms with Crippen molar-refractivity contribution in [1.82, 2.24) is 4.72 Å². The lowest BCUT2D eigenvalue weighted by Crippen LogP contribution is -2.49. The number of rotatable bonds is 24. The Kier molecular flexibility index (Phi) is 18.9. The van der Waals surface area contributed by atoms with Crippen LogP contribution in [0.4, 0.5) is 0 Å². The highest BCUT2D eigenvalue weighted by molar-refractivity contribution is 7.89. The van der Waals surface area contributed by atoms with Crippen LogP contribution in [0.2, 0.25) is 0 Å². The van der Waals surface area contributed by atoms with Crippen LogP contribution < -0.4 is 4.72 Å². The van der Waals surface area contributed by atoms with Gasteiger partial charge in [0, 0.05) is 25.4 Å². The van der Waals surface area contributed by atoms with Crippen molar-refractivity contribution in [2.75, 3.05) is 59.5 Å². The van der Waals surface area contributed by atoms with E-state index in [-0.39, 0.29) is 64.4 Å². The first-order chi connectivity index (χ1) is 20.1. The molecule has 12 nitrogen and oxygen atoms in total. The van der Waals surface area contributed by atoms with E-state index in [9.17, 15) is 22.8 Å². The van der Waals surface area contributed by atoms with Crippen molar-refractivity contribution in [3.05, 3.63) is 29.8 Å². The summed E-state index contributed by atoms with van der Waals surface area (Å²) in [5.41, 5.74) is -0.00568. The van der Waals surface area contributed by atoms with Crippen molar-refractivity contribution < 1.29 is 51.2 Å². The lowest BCUT2D eigenvalue weighted by atomic mass is 9.85. The Morgan fingerprint density at radius 3 is 1.36 bits per heavy atom. The largest absolute Gasteiger partial charge is 0.464 e. The lowest BCUT2D eigenvalue weighted by Gasteiger charge is -2.35. The van der Waals surface area contributed by atoms with Crippen LogP contribution in [0.25, 0.3) is 0 Å². The van der Waals surface area contributed by atoms with Crippen LogP contribution in [0, 0.1) is 6.92 Å². The molecule has 1 aromatic carbocycles. The molecule has 0 aromatic heterocycles. The Morgan fingerprint density at radius 2 is 1.02 bits per heavy atom. The molecule has 1 rings (SSSR count). The summed E-state index contributed by atoms with van der Waals surface area (Å²) in [5, 5.41) is 0. The van der Waals surface area contributed by atoms with E-state index >= 15 is 0 Å². The van der Waals surface area contributed by atoms with E-state index in [1.54, 1.807) is 45.0 Å². The second kappa shape index (κ2) is 21.2. The molecule has 1 aromatic rings. The molecule has 0 saturated heterocycles. The van der Waals surface area contributed by atoms with Gasteiger partial charge in [0.05, 0.1) is 24.7 Å². The van der Waals surface area contributed by atoms with Crippen molar-refractivity contribution in [3.63, 3.8) is 0 Å². The Bertz CT molecular complexity index is 959. The van der Waals surface area contributed by atoms with Crippen LogP contribution in [0.3, 0.4) is 0 Å². The molecule has 0 fully saturated rings. The highest BCUT2D eigenvalue weighted by Crippen LogP contribution is 2.29. The van der Waals surface area contributed by atoms with E-state index in [0.29, 0.717) is 38.5 Å². The van der Waals surface area contributed by atoms with Gasteiger partial charge in [0.15, 0.2) is 0 Å². The molecule has 0 radical (unpaired) electrons. The standard InChI is InChI=1S/C29H47NO11S/c1-5-39-26(31)21-36-18-8-15-29(16-9-19-37-22-27(32)40-6-2,17-10-20-38-23-28(33)41-7-3)30-42(34,35)25-13-11-24(4)12-14-25/h11-14,30H,5-10,15-23H2,1-4H3. The average molecular weight is 618 g/mol. The normalized spacial score (nSPS) is 11.7. The van der Waals surface area contributed by atoms with Gasteiger partial charge in [0.25, 0.3) is 0 Å². The van der Waals surface area contributed by atoms with Gasteiger partial charge in [-0.3, -0.25) is 0 Å². The fourth-order valence-corrected chi connectivity index (χ4v) is 5.69. The number of carbonyl (C=O) groups excluding carboxylic acids is 3. The van der Waals surface area contributed by atoms with Crippen LogP contribution in [0.1, 0.15) is 64.9 Å². The van der Waals surface area contributed by atoms with E-state index in [4.69, 9.17) is 28.4 Å². The molecule has 1 N–H and O–H groups in total. The molecule has 0 spiro atoms. The van der Waals surface area contributed by atoms with Crippen LogP contribution in [0.5, 0.6) is 0 Å². The lowest BCUT2D eigenvalue weighted by molar-refractivity contribution is -0.149. The van der Waals surface area contributed by atoms with Crippen molar-refractivity contribution in [3.8, 4) is 0 Å². The van der Waals surface area contributed by atoms with Gasteiger partial charge in [0.2, 0.25) is 10.0 Å². The van der Waals surface area contributed by atoms with Crippen molar-refractivity contribution in [2.24, 2.45) is 0 Å². The first kappa shape index (κ1) is 37.4. The summed E-state index contributed by atoms with van der Waals surface area (Å²) in [6.45, 7) is 7.81. The van der Waals surface area contributed by atoms with Gasteiger partial charge in [-0.1, -0.05) is 17.7 Å². The smallest absolute Gasteiger partial charge is 0.332 e. The third kappa shape index (κ3) is 16.2. The maximum Gasteiger partial charge on any atom is 0.332 e. The second-order valence-corrected chi connectivity index (χ2v) is 11.3. The third-order valence-electron chi connectivity index (χ3n) is 6.09. The topological polar surface area (TPSA) is 153 Å². The molecule has 0 aliphatic carbocycles. The summed E-state index contributed by atoms with van der Waals surface area (Å²) in [4.78, 5) is 35.0. The molecular formula is C29H47NO11S. The first-order valence-corrected chi connectivity index (χ1v) is 15.9. The molecule has 240 valence electrons. The van der Waals surface area contributed by atoms with Crippen molar-refractivity contribution in [1.29, 1.82) is 0 Å². The van der Waals surface area contributed by atoms with E-state index in [1.165, 1.54) is 0 Å². The first-order valence-electron chi connectivity index (χ1n) is 14.4. The predicted molar refractivity (Wildman–Crippen MR) is 154 cm³/mol. The molecule has 0 aliphatic heterocycles. The summed E-state index contributed by atoms with van der Waals surface area (Å²) in [6, 6.07) is 6.56. The Labute approximate surface area is 249 Å². The average Bonchev–Trinajstić information content (AvgIpc) is 2.93. The van der Waals surface area contributed by atoms with Crippen molar-refractivity contribution >= 4 is 27.9 Å². The summed E-state index contributed by atoms with van der Waals surface area (Å²) in [6.07, 6.45) is 2.50. The second-order valence-electron chi connectivity index (χ2n) is 9.58. The van der Waals surface area contributed by atoms with Gasteiger partial charge >= 0.3 is 17.9 Å². The molecule has 0 heterocycles. The number of benzene rings is 1. The molecular weight excluding hydrogens is 570 g/mol. The van der Waals surface area contributed by atoms with Gasteiger partial charge < -0.3 is 28.4 Å². The Hall–Kier alpha value is -2.58. The predicted octanol–water partition coefficient (Wildman–Crippen LogP) is 3.09. The SMILES string of the molecule is CCOC(=O)COCCCC(CCCOCC(=O)OCC)(CCCOCC(=O)OCC)NS(=O)(=O)c1ccc(C)cc1. The van der Waals surface area contributed by atoms with Crippen LogP contribution in [-0.4, -0.2) is 91.3 Å². The number of esters is 3. The zero-order chi connectivity index (χ0) is 31.3. The molecule has 0 aliphatic rings. The quantitative estimate of drug-likeness (QED) is 0.103. The molecule has 0 amide bonds. The third-order valence-corrected chi connectivity index (χ3v) is 7.68. The molecule has 13 heteroatoms. The maximum atomic E-state index is 13.5. The minimum absolute atomic E-state index is 0.133. The molecule has 0 bridgehead atoms. The summed E-state index contributed by atoms with van der Waals surface area (Å²) >= 11 is 0. The fourth-order valence-electron chi connectivity index (χ4n) is 4.20. The number of sulfonamides is 1. The molecule has 0 unspecified atom stereocenters. The maximum absolute atomic E-state index is 13.5. The van der Waals surface area contributed by atoms with E-state index in [1.807, 2.05) is 6.92 Å². The van der Waals surface area contributed by atoms with Gasteiger partial charge in [-0.25, -0.2) is 27.5 Å². The van der Waals surface area contributed by atoms with E-state index in [0.717, 1.165) is 5.56 Å². The van der Waals surface area contributed by atoms with E-state index < -0.39 is 33.5 Å². The molecule has 42 heavy (non-hydrogen) atoms. The highest BCUT2D eigenvalue weighted by Gasteiger charge is 2.34. The van der Waals surface area contributed by atoms with E-state index in [2.05, 4.69) is 4.72 Å². The summed E-state index contributed by atoms with van der Waals surface area (Å²) in [7, 11) is -3.92. The number of nitrogens with one attached hydrogen (secondary N) is 1. The number of aryl methyl sites for hydroxylation is 1. The van der Waals surface area contributed by atoms with Gasteiger partial charge in [-0.05, 0) is 78.4 Å². The summed E-state index contributed by atoms with van der Waals surface area (Å²) < 4.78 is 61.0. The van der Waals surface area contributed by atoms with Crippen molar-refractivity contribution in [2.45, 2.75) is 76.7 Å². The van der Waals surface area contributed by atoms with Gasteiger partial charge in [-0.2, -0.15) is 0 Å². The van der Waals surface area contributed by atoms with Gasteiger partial charge in [0.1, 0.15) is 19.8 Å². The minimum atomic E-state index is -3.92. The number of ether oxygens (including phenoxy) is 6.